The van der Waals surface area contributed by atoms with Gasteiger partial charge in [0.25, 0.3) is 0 Å². The van der Waals surface area contributed by atoms with Crippen molar-refractivity contribution < 1.29 is 39.6 Å². The summed E-state index contributed by atoms with van der Waals surface area (Å²) in [5.74, 6) is -3.33. The number of sulfonamides is 1. The topological polar surface area (TPSA) is 95.4 Å². The maximum atomic E-state index is 14.2. The molecule has 0 saturated carbocycles. The molecular formula is C17H11F5N2O4S. The molecule has 0 atom stereocenters. The molecule has 0 unspecified atom stereocenters. The maximum Gasteiger partial charge on any atom is 0.573 e. The number of primary sulfonamides is 1. The van der Waals surface area contributed by atoms with Crippen LogP contribution in [0.15, 0.2) is 45.8 Å². The van der Waals surface area contributed by atoms with Crippen molar-refractivity contribution in [2.24, 2.45) is 5.14 Å². The summed E-state index contributed by atoms with van der Waals surface area (Å²) in [5.41, 5.74) is -0.0246. The first-order valence-electron chi connectivity index (χ1n) is 7.71. The van der Waals surface area contributed by atoms with Crippen molar-refractivity contribution >= 4 is 10.0 Å². The van der Waals surface area contributed by atoms with Crippen LogP contribution in [0.5, 0.6) is 5.75 Å². The number of hydrogen-bond acceptors (Lipinski definition) is 5. The Kier molecular flexibility index (Phi) is 5.09. The lowest BCUT2D eigenvalue weighted by Crippen LogP contribution is -2.17. The Morgan fingerprint density at radius 3 is 2.24 bits per heavy atom. The minimum Gasteiger partial charge on any atom is -0.406 e. The molecule has 0 bridgehead atoms. The first-order chi connectivity index (χ1) is 13.4. The van der Waals surface area contributed by atoms with Crippen LogP contribution in [0.4, 0.5) is 22.0 Å². The molecule has 0 spiro atoms. The second-order valence-electron chi connectivity index (χ2n) is 5.85. The fourth-order valence-corrected chi connectivity index (χ4v) is 3.39. The van der Waals surface area contributed by atoms with Crippen LogP contribution in [0.25, 0.3) is 22.4 Å². The van der Waals surface area contributed by atoms with E-state index in [2.05, 4.69) is 9.89 Å². The monoisotopic (exact) mass is 434 g/mol. The van der Waals surface area contributed by atoms with Crippen LogP contribution < -0.4 is 9.88 Å². The van der Waals surface area contributed by atoms with E-state index in [1.54, 1.807) is 0 Å². The zero-order chi connectivity index (χ0) is 21.6. The molecule has 2 aromatic carbocycles. The highest BCUT2D eigenvalue weighted by molar-refractivity contribution is 7.89. The molecule has 0 fully saturated rings. The second kappa shape index (κ2) is 7.12. The van der Waals surface area contributed by atoms with Gasteiger partial charge in [0, 0.05) is 5.56 Å². The SMILES string of the molecule is Cc1onc(-c2cccc(OC(F)(F)F)c2)c1-c1cc(F)c(S(N)(=O)=O)c(F)c1. The van der Waals surface area contributed by atoms with E-state index >= 15 is 0 Å². The van der Waals surface area contributed by atoms with E-state index in [0.717, 1.165) is 12.1 Å². The summed E-state index contributed by atoms with van der Waals surface area (Å²) in [6, 6.07) is 6.14. The van der Waals surface area contributed by atoms with E-state index in [0.29, 0.717) is 12.1 Å². The fraction of sp³-hybridized carbons (Fsp3) is 0.118. The molecule has 2 N–H and O–H groups in total. The molecule has 6 nitrogen and oxygen atoms in total. The van der Waals surface area contributed by atoms with Gasteiger partial charge in [-0.25, -0.2) is 22.3 Å². The molecule has 3 rings (SSSR count). The normalized spacial score (nSPS) is 12.2. The molecule has 0 aliphatic carbocycles. The van der Waals surface area contributed by atoms with Gasteiger partial charge in [-0.1, -0.05) is 17.3 Å². The van der Waals surface area contributed by atoms with Crippen molar-refractivity contribution in [1.82, 2.24) is 5.16 Å². The van der Waals surface area contributed by atoms with E-state index < -0.39 is 38.7 Å². The van der Waals surface area contributed by atoms with E-state index in [-0.39, 0.29) is 28.1 Å². The highest BCUT2D eigenvalue weighted by Gasteiger charge is 2.31. The summed E-state index contributed by atoms with van der Waals surface area (Å²) in [5, 5.41) is 8.53. The van der Waals surface area contributed by atoms with Gasteiger partial charge in [0.2, 0.25) is 10.0 Å². The van der Waals surface area contributed by atoms with Gasteiger partial charge in [0.1, 0.15) is 28.8 Å². The molecule has 29 heavy (non-hydrogen) atoms. The lowest BCUT2D eigenvalue weighted by molar-refractivity contribution is -0.274. The highest BCUT2D eigenvalue weighted by Crippen LogP contribution is 2.37. The number of nitrogens with zero attached hydrogens (tertiary/aromatic N) is 1. The molecule has 0 aliphatic heterocycles. The number of rotatable bonds is 4. The number of halogens is 5. The smallest absolute Gasteiger partial charge is 0.406 e. The quantitative estimate of drug-likeness (QED) is 0.623. The summed E-state index contributed by atoms with van der Waals surface area (Å²) < 4.78 is 97.3. The number of nitrogens with two attached hydrogens (primary N) is 1. The fourth-order valence-electron chi connectivity index (χ4n) is 2.73. The number of aromatic nitrogens is 1. The lowest BCUT2D eigenvalue weighted by atomic mass is 9.99. The third-order valence-electron chi connectivity index (χ3n) is 3.78. The van der Waals surface area contributed by atoms with Gasteiger partial charge < -0.3 is 9.26 Å². The first-order valence-corrected chi connectivity index (χ1v) is 9.26. The summed E-state index contributed by atoms with van der Waals surface area (Å²) in [6.07, 6.45) is -4.92. The Morgan fingerprint density at radius 1 is 1.07 bits per heavy atom. The number of hydrogen-bond donors (Lipinski definition) is 1. The molecule has 12 heteroatoms. The Hall–Kier alpha value is -2.99. The Bertz CT molecular complexity index is 1170. The molecule has 1 heterocycles. The Labute approximate surface area is 160 Å². The molecule has 0 aliphatic rings. The minimum absolute atomic E-state index is 0.0303. The molecule has 0 radical (unpaired) electrons. The van der Waals surface area contributed by atoms with Crippen molar-refractivity contribution in [1.29, 1.82) is 0 Å². The van der Waals surface area contributed by atoms with Crippen molar-refractivity contribution in [3.63, 3.8) is 0 Å². The van der Waals surface area contributed by atoms with Gasteiger partial charge in [-0.2, -0.15) is 0 Å². The number of ether oxygens (including phenoxy) is 1. The maximum absolute atomic E-state index is 14.2. The average molecular weight is 434 g/mol. The van der Waals surface area contributed by atoms with Gasteiger partial charge in [-0.3, -0.25) is 0 Å². The largest absolute Gasteiger partial charge is 0.573 e. The third-order valence-corrected chi connectivity index (χ3v) is 4.73. The molecule has 0 amide bonds. The molecule has 0 saturated heterocycles. The minimum atomic E-state index is -4.92. The van der Waals surface area contributed by atoms with Gasteiger partial charge in [0.15, 0.2) is 4.90 Å². The van der Waals surface area contributed by atoms with E-state index in [1.165, 1.54) is 19.1 Å². The first kappa shape index (κ1) is 20.7. The van der Waals surface area contributed by atoms with Crippen molar-refractivity contribution in [3.05, 3.63) is 53.8 Å². The highest BCUT2D eigenvalue weighted by atomic mass is 32.2. The second-order valence-corrected chi connectivity index (χ2v) is 7.35. The van der Waals surface area contributed by atoms with Gasteiger partial charge in [-0.05, 0) is 36.8 Å². The van der Waals surface area contributed by atoms with Gasteiger partial charge in [-0.15, -0.1) is 13.2 Å². The molecule has 154 valence electrons. The average Bonchev–Trinajstić information content (AvgIpc) is 2.93. The van der Waals surface area contributed by atoms with Crippen LogP contribution in [0.1, 0.15) is 5.76 Å². The molecular weight excluding hydrogens is 423 g/mol. The number of aryl methyl sites for hydroxylation is 1. The zero-order valence-corrected chi connectivity index (χ0v) is 15.2. The van der Waals surface area contributed by atoms with Crippen molar-refractivity contribution in [2.75, 3.05) is 0 Å². The van der Waals surface area contributed by atoms with Crippen molar-refractivity contribution in [3.8, 4) is 28.1 Å². The van der Waals surface area contributed by atoms with E-state index in [4.69, 9.17) is 9.66 Å². The summed E-state index contributed by atoms with van der Waals surface area (Å²) in [6.45, 7) is 1.41. The van der Waals surface area contributed by atoms with Gasteiger partial charge in [0.05, 0.1) is 5.56 Å². The molecule has 3 aromatic rings. The van der Waals surface area contributed by atoms with Crippen LogP contribution >= 0.6 is 0 Å². The lowest BCUT2D eigenvalue weighted by Gasteiger charge is -2.10. The van der Waals surface area contributed by atoms with E-state index in [1.807, 2.05) is 0 Å². The van der Waals surface area contributed by atoms with Crippen LogP contribution in [-0.2, 0) is 10.0 Å². The summed E-state index contributed by atoms with van der Waals surface area (Å²) in [7, 11) is -4.66. The van der Waals surface area contributed by atoms with Crippen LogP contribution in [0, 0.1) is 18.6 Å². The molecule has 1 aromatic heterocycles. The van der Waals surface area contributed by atoms with E-state index in [9.17, 15) is 30.4 Å². The Balaban J connectivity index is 2.14. The summed E-state index contributed by atoms with van der Waals surface area (Å²) >= 11 is 0. The number of alkyl halides is 3. The van der Waals surface area contributed by atoms with Gasteiger partial charge >= 0.3 is 6.36 Å². The standard InChI is InChI=1S/C17H11F5N2O4S/c1-8-14(10-6-12(18)16(13(19)7-10)29(23,25)26)15(24-28-8)9-3-2-4-11(5-9)27-17(20,21)22/h2-7H,1H3,(H2,23,25,26). The number of benzene rings is 2. The van der Waals surface area contributed by atoms with Crippen LogP contribution in [0.3, 0.4) is 0 Å². The van der Waals surface area contributed by atoms with Crippen molar-refractivity contribution in [2.45, 2.75) is 18.2 Å². The zero-order valence-electron chi connectivity index (χ0n) is 14.4. The van der Waals surface area contributed by atoms with Crippen LogP contribution in [0.2, 0.25) is 0 Å². The summed E-state index contributed by atoms with van der Waals surface area (Å²) in [4.78, 5) is -1.31. The third kappa shape index (κ3) is 4.38. The predicted molar refractivity (Wildman–Crippen MR) is 90.1 cm³/mol. The van der Waals surface area contributed by atoms with Crippen LogP contribution in [-0.4, -0.2) is 19.9 Å². The Morgan fingerprint density at radius 2 is 1.69 bits per heavy atom. The predicted octanol–water partition coefficient (Wildman–Crippen LogP) is 4.14.